The van der Waals surface area contributed by atoms with Crippen molar-refractivity contribution in [2.75, 3.05) is 13.6 Å². The van der Waals surface area contributed by atoms with E-state index in [9.17, 15) is 0 Å². The number of aryl methyl sites for hydroxylation is 1. The molecule has 1 aromatic rings. The lowest BCUT2D eigenvalue weighted by Gasteiger charge is -2.16. The van der Waals surface area contributed by atoms with E-state index in [4.69, 9.17) is 0 Å². The van der Waals surface area contributed by atoms with Crippen molar-refractivity contribution < 1.29 is 0 Å². The van der Waals surface area contributed by atoms with Gasteiger partial charge in [0.25, 0.3) is 0 Å². The number of hydrogen-bond acceptors (Lipinski definition) is 3. The van der Waals surface area contributed by atoms with E-state index in [1.165, 1.54) is 31.4 Å². The maximum atomic E-state index is 4.45. The molecule has 1 aromatic heterocycles. The van der Waals surface area contributed by atoms with Gasteiger partial charge in [0.05, 0.1) is 10.7 Å². The predicted molar refractivity (Wildman–Crippen MR) is 77.3 cm³/mol. The third-order valence-corrected chi connectivity index (χ3v) is 4.08. The monoisotopic (exact) mass is 266 g/mol. The second kappa shape index (κ2) is 6.73. The SMILES string of the molecule is CN=C(NCCc1csc(C)n1)NC1CCCC1. The fraction of sp³-hybridized carbons (Fsp3) is 0.692. The summed E-state index contributed by atoms with van der Waals surface area (Å²) in [6.07, 6.45) is 6.17. The third kappa shape index (κ3) is 3.98. The van der Waals surface area contributed by atoms with Gasteiger partial charge in [-0.15, -0.1) is 11.3 Å². The van der Waals surface area contributed by atoms with Crippen LogP contribution in [0.3, 0.4) is 0 Å². The van der Waals surface area contributed by atoms with Crippen LogP contribution in [0.5, 0.6) is 0 Å². The summed E-state index contributed by atoms with van der Waals surface area (Å²) in [5.41, 5.74) is 1.17. The largest absolute Gasteiger partial charge is 0.356 e. The summed E-state index contributed by atoms with van der Waals surface area (Å²) < 4.78 is 0. The van der Waals surface area contributed by atoms with Gasteiger partial charge in [-0.25, -0.2) is 4.98 Å². The maximum absolute atomic E-state index is 4.45. The molecule has 0 atom stereocenters. The molecule has 1 aliphatic rings. The molecule has 0 aliphatic heterocycles. The van der Waals surface area contributed by atoms with Crippen molar-refractivity contribution in [3.63, 3.8) is 0 Å². The van der Waals surface area contributed by atoms with Crippen LogP contribution in [0, 0.1) is 6.92 Å². The second-order valence-electron chi connectivity index (χ2n) is 4.73. The molecule has 0 unspecified atom stereocenters. The quantitative estimate of drug-likeness (QED) is 0.648. The van der Waals surface area contributed by atoms with Crippen LogP contribution < -0.4 is 10.6 Å². The molecule has 0 amide bonds. The van der Waals surface area contributed by atoms with E-state index < -0.39 is 0 Å². The van der Waals surface area contributed by atoms with Gasteiger partial charge in [-0.2, -0.15) is 0 Å². The summed E-state index contributed by atoms with van der Waals surface area (Å²) in [6, 6.07) is 0.609. The van der Waals surface area contributed by atoms with Gasteiger partial charge in [0.2, 0.25) is 0 Å². The number of hydrogen-bond donors (Lipinski definition) is 2. The lowest BCUT2D eigenvalue weighted by molar-refractivity contribution is 0.613. The smallest absolute Gasteiger partial charge is 0.191 e. The number of aliphatic imine (C=N–C) groups is 1. The van der Waals surface area contributed by atoms with E-state index in [0.29, 0.717) is 6.04 Å². The van der Waals surface area contributed by atoms with Crippen LogP contribution in [0.2, 0.25) is 0 Å². The highest BCUT2D eigenvalue weighted by molar-refractivity contribution is 7.09. The van der Waals surface area contributed by atoms with E-state index in [2.05, 4.69) is 26.0 Å². The van der Waals surface area contributed by atoms with Gasteiger partial charge in [-0.1, -0.05) is 12.8 Å². The molecule has 0 radical (unpaired) electrons. The highest BCUT2D eigenvalue weighted by Gasteiger charge is 2.15. The Labute approximate surface area is 113 Å². The standard InChI is InChI=1S/C13H22N4S/c1-10-16-12(9-18-10)7-8-15-13(14-2)17-11-5-3-4-6-11/h9,11H,3-8H2,1-2H3,(H2,14,15,17). The molecule has 4 nitrogen and oxygen atoms in total. The number of nitrogens with one attached hydrogen (secondary N) is 2. The molecule has 0 spiro atoms. The zero-order chi connectivity index (χ0) is 12.8. The van der Waals surface area contributed by atoms with E-state index in [1.807, 2.05) is 14.0 Å². The topological polar surface area (TPSA) is 49.3 Å². The molecule has 0 bridgehead atoms. The fourth-order valence-electron chi connectivity index (χ4n) is 2.29. The average Bonchev–Trinajstić information content (AvgIpc) is 3.00. The minimum atomic E-state index is 0.609. The number of nitrogens with zero attached hydrogens (tertiary/aromatic N) is 2. The van der Waals surface area contributed by atoms with Crippen LogP contribution in [0.1, 0.15) is 36.4 Å². The van der Waals surface area contributed by atoms with Gasteiger partial charge in [0, 0.05) is 31.4 Å². The average molecular weight is 266 g/mol. The Morgan fingerprint density at radius 1 is 1.50 bits per heavy atom. The molecule has 1 heterocycles. The Balaban J connectivity index is 1.70. The van der Waals surface area contributed by atoms with Crippen LogP contribution in [-0.2, 0) is 6.42 Å². The first-order valence-electron chi connectivity index (χ1n) is 6.66. The molecule has 5 heteroatoms. The van der Waals surface area contributed by atoms with Crippen LogP contribution in [0.15, 0.2) is 10.4 Å². The van der Waals surface area contributed by atoms with Crippen molar-refractivity contribution in [2.45, 2.75) is 45.1 Å². The molecule has 2 rings (SSSR count). The van der Waals surface area contributed by atoms with Crippen molar-refractivity contribution in [2.24, 2.45) is 4.99 Å². The number of rotatable bonds is 4. The van der Waals surface area contributed by atoms with Gasteiger partial charge in [0.1, 0.15) is 0 Å². The van der Waals surface area contributed by atoms with E-state index in [-0.39, 0.29) is 0 Å². The molecule has 1 fully saturated rings. The number of thiazole rings is 1. The Kier molecular flexibility index (Phi) is 4.99. The molecule has 1 saturated carbocycles. The van der Waals surface area contributed by atoms with Gasteiger partial charge < -0.3 is 10.6 Å². The first kappa shape index (κ1) is 13.3. The van der Waals surface area contributed by atoms with Gasteiger partial charge in [0.15, 0.2) is 5.96 Å². The summed E-state index contributed by atoms with van der Waals surface area (Å²) >= 11 is 1.71. The van der Waals surface area contributed by atoms with Crippen molar-refractivity contribution in [3.8, 4) is 0 Å². The van der Waals surface area contributed by atoms with Crippen molar-refractivity contribution >= 4 is 17.3 Å². The lowest BCUT2D eigenvalue weighted by atomic mass is 10.2. The summed E-state index contributed by atoms with van der Waals surface area (Å²) in [7, 11) is 1.83. The molecule has 100 valence electrons. The molecule has 0 saturated heterocycles. The third-order valence-electron chi connectivity index (χ3n) is 3.26. The van der Waals surface area contributed by atoms with Crippen LogP contribution in [0.4, 0.5) is 0 Å². The number of guanidine groups is 1. The molecule has 0 aromatic carbocycles. The van der Waals surface area contributed by atoms with Crippen molar-refractivity contribution in [3.05, 3.63) is 16.1 Å². The Bertz CT molecular complexity index is 393. The highest BCUT2D eigenvalue weighted by Crippen LogP contribution is 2.17. The second-order valence-corrected chi connectivity index (χ2v) is 5.79. The van der Waals surface area contributed by atoms with Crippen molar-refractivity contribution in [1.29, 1.82) is 0 Å². The summed E-state index contributed by atoms with van der Waals surface area (Å²) in [4.78, 5) is 8.72. The van der Waals surface area contributed by atoms with Crippen LogP contribution in [0.25, 0.3) is 0 Å². The Morgan fingerprint density at radius 3 is 2.89 bits per heavy atom. The molecule has 2 N–H and O–H groups in total. The normalized spacial score (nSPS) is 17.1. The maximum Gasteiger partial charge on any atom is 0.191 e. The molecule has 18 heavy (non-hydrogen) atoms. The van der Waals surface area contributed by atoms with E-state index in [0.717, 1.165) is 23.9 Å². The summed E-state index contributed by atoms with van der Waals surface area (Å²) in [5.74, 6) is 0.925. The molecular formula is C13H22N4S. The first-order valence-corrected chi connectivity index (χ1v) is 7.54. The van der Waals surface area contributed by atoms with Gasteiger partial charge in [-0.3, -0.25) is 4.99 Å². The zero-order valence-electron chi connectivity index (χ0n) is 11.2. The fourth-order valence-corrected chi connectivity index (χ4v) is 2.94. The Morgan fingerprint density at radius 2 is 2.28 bits per heavy atom. The lowest BCUT2D eigenvalue weighted by Crippen LogP contribution is -2.43. The predicted octanol–water partition coefficient (Wildman–Crippen LogP) is 2.10. The van der Waals surface area contributed by atoms with Crippen LogP contribution in [-0.4, -0.2) is 30.6 Å². The Hall–Kier alpha value is -1.10. The van der Waals surface area contributed by atoms with E-state index in [1.54, 1.807) is 11.3 Å². The first-order chi connectivity index (χ1) is 8.78. The van der Waals surface area contributed by atoms with Crippen molar-refractivity contribution in [1.82, 2.24) is 15.6 Å². The molecular weight excluding hydrogens is 244 g/mol. The van der Waals surface area contributed by atoms with Gasteiger partial charge >= 0.3 is 0 Å². The summed E-state index contributed by atoms with van der Waals surface area (Å²) in [5, 5.41) is 10.1. The molecule has 1 aliphatic carbocycles. The van der Waals surface area contributed by atoms with Crippen LogP contribution >= 0.6 is 11.3 Å². The minimum Gasteiger partial charge on any atom is -0.356 e. The highest BCUT2D eigenvalue weighted by atomic mass is 32.1. The zero-order valence-corrected chi connectivity index (χ0v) is 12.0. The minimum absolute atomic E-state index is 0.609. The van der Waals surface area contributed by atoms with Gasteiger partial charge in [-0.05, 0) is 19.8 Å². The van der Waals surface area contributed by atoms with E-state index >= 15 is 0 Å². The summed E-state index contributed by atoms with van der Waals surface area (Å²) in [6.45, 7) is 2.93. The number of aromatic nitrogens is 1.